The minimum atomic E-state index is -0.493. The van der Waals surface area contributed by atoms with Crippen molar-refractivity contribution >= 4 is 5.91 Å². The Balaban J connectivity index is 2.02. The first-order valence-electron chi connectivity index (χ1n) is 9.35. The van der Waals surface area contributed by atoms with E-state index in [-0.39, 0.29) is 17.4 Å². The number of nitrogens with one attached hydrogen (secondary N) is 1. The second-order valence-electron chi connectivity index (χ2n) is 7.93. The Morgan fingerprint density at radius 3 is 2.31 bits per heavy atom. The Kier molecular flexibility index (Phi) is 6.47. The molecule has 3 nitrogen and oxygen atoms in total. The van der Waals surface area contributed by atoms with E-state index < -0.39 is 6.10 Å². The molecule has 26 heavy (non-hydrogen) atoms. The fourth-order valence-corrected chi connectivity index (χ4v) is 2.84. The summed E-state index contributed by atoms with van der Waals surface area (Å²) in [4.78, 5) is 12.6. The average molecular weight is 354 g/mol. The Bertz CT molecular complexity index is 729. The van der Waals surface area contributed by atoms with Gasteiger partial charge in [-0.05, 0) is 54.5 Å². The van der Waals surface area contributed by atoms with E-state index in [1.165, 1.54) is 5.56 Å². The lowest BCUT2D eigenvalue weighted by atomic mass is 9.86. The summed E-state index contributed by atoms with van der Waals surface area (Å²) in [6, 6.07) is 16.2. The fraction of sp³-hybridized carbons (Fsp3) is 0.435. The second-order valence-corrected chi connectivity index (χ2v) is 7.93. The number of ether oxygens (including phenoxy) is 1. The average Bonchev–Trinajstić information content (AvgIpc) is 2.59. The van der Waals surface area contributed by atoms with Gasteiger partial charge in [-0.1, -0.05) is 64.1 Å². The van der Waals surface area contributed by atoms with Crippen molar-refractivity contribution in [3.63, 3.8) is 0 Å². The molecule has 1 amide bonds. The molecule has 0 aliphatic heterocycles. The van der Waals surface area contributed by atoms with E-state index in [2.05, 4.69) is 50.4 Å². The van der Waals surface area contributed by atoms with Crippen molar-refractivity contribution in [2.75, 3.05) is 0 Å². The van der Waals surface area contributed by atoms with Crippen molar-refractivity contribution in [1.29, 1.82) is 0 Å². The lowest BCUT2D eigenvalue weighted by Gasteiger charge is -2.22. The molecule has 0 unspecified atom stereocenters. The Morgan fingerprint density at radius 1 is 1.12 bits per heavy atom. The zero-order chi connectivity index (χ0) is 19.3. The number of carbonyl (C=O) groups is 1. The number of benzene rings is 2. The summed E-state index contributed by atoms with van der Waals surface area (Å²) < 4.78 is 5.89. The minimum Gasteiger partial charge on any atom is -0.481 e. The van der Waals surface area contributed by atoms with Crippen molar-refractivity contribution in [1.82, 2.24) is 5.32 Å². The maximum absolute atomic E-state index is 12.6. The highest BCUT2D eigenvalue weighted by Crippen LogP contribution is 2.24. The van der Waals surface area contributed by atoms with Gasteiger partial charge in [0.2, 0.25) is 0 Å². The lowest BCUT2D eigenvalue weighted by Crippen LogP contribution is -2.39. The van der Waals surface area contributed by atoms with Crippen molar-refractivity contribution < 1.29 is 9.53 Å². The zero-order valence-corrected chi connectivity index (χ0v) is 16.8. The first-order chi connectivity index (χ1) is 12.2. The summed E-state index contributed by atoms with van der Waals surface area (Å²) in [6.07, 6.45) is 0.128. The number of hydrogen-bond acceptors (Lipinski definition) is 2. The van der Waals surface area contributed by atoms with Crippen LogP contribution in [-0.2, 0) is 10.2 Å². The molecule has 0 saturated carbocycles. The van der Waals surface area contributed by atoms with Gasteiger partial charge >= 0.3 is 0 Å². The Labute approximate surface area is 157 Å². The normalized spacial score (nSPS) is 13.8. The third-order valence-electron chi connectivity index (χ3n) is 4.57. The summed E-state index contributed by atoms with van der Waals surface area (Å²) in [5.74, 6) is 0.649. The van der Waals surface area contributed by atoms with Gasteiger partial charge in [0.1, 0.15) is 5.75 Å². The molecular weight excluding hydrogens is 322 g/mol. The molecule has 0 aliphatic carbocycles. The van der Waals surface area contributed by atoms with Crippen LogP contribution in [-0.4, -0.2) is 12.0 Å². The number of hydrogen-bond donors (Lipinski definition) is 1. The largest absolute Gasteiger partial charge is 0.481 e. The Hall–Kier alpha value is -2.29. The van der Waals surface area contributed by atoms with Crippen LogP contribution in [0.2, 0.25) is 0 Å². The maximum Gasteiger partial charge on any atom is 0.261 e. The molecule has 0 saturated heterocycles. The monoisotopic (exact) mass is 353 g/mol. The standard InChI is InChI=1S/C23H31NO2/c1-7-21(26-20-10-8-9-16(2)15-20)22(25)24-17(3)18-11-13-19(14-12-18)23(4,5)6/h8-15,17,21H,7H2,1-6H3,(H,24,25)/t17-,21-/m1/s1. The van der Waals surface area contributed by atoms with Gasteiger partial charge in [0.05, 0.1) is 6.04 Å². The van der Waals surface area contributed by atoms with Gasteiger partial charge in [-0.3, -0.25) is 4.79 Å². The van der Waals surface area contributed by atoms with Crippen LogP contribution in [0.25, 0.3) is 0 Å². The molecule has 140 valence electrons. The SMILES string of the molecule is CC[C@@H](Oc1cccc(C)c1)C(=O)N[C@H](C)c1ccc(C(C)(C)C)cc1. The summed E-state index contributed by atoms with van der Waals surface area (Å²) in [5, 5.41) is 3.08. The van der Waals surface area contributed by atoms with Gasteiger partial charge in [0.25, 0.3) is 5.91 Å². The van der Waals surface area contributed by atoms with Crippen LogP contribution in [0.15, 0.2) is 48.5 Å². The van der Waals surface area contributed by atoms with Crippen LogP contribution in [0.4, 0.5) is 0 Å². The van der Waals surface area contributed by atoms with Gasteiger partial charge in [-0.2, -0.15) is 0 Å². The molecule has 0 spiro atoms. The molecule has 2 atom stereocenters. The van der Waals surface area contributed by atoms with Crippen LogP contribution in [0.1, 0.15) is 63.8 Å². The van der Waals surface area contributed by atoms with E-state index in [4.69, 9.17) is 4.74 Å². The van der Waals surface area contributed by atoms with Crippen molar-refractivity contribution in [3.8, 4) is 5.75 Å². The van der Waals surface area contributed by atoms with Gasteiger partial charge in [-0.25, -0.2) is 0 Å². The minimum absolute atomic E-state index is 0.0633. The third-order valence-corrected chi connectivity index (χ3v) is 4.57. The highest BCUT2D eigenvalue weighted by atomic mass is 16.5. The quantitative estimate of drug-likeness (QED) is 0.762. The summed E-state index contributed by atoms with van der Waals surface area (Å²) in [7, 11) is 0. The molecule has 0 heterocycles. The molecule has 2 rings (SSSR count). The van der Waals surface area contributed by atoms with Gasteiger partial charge in [-0.15, -0.1) is 0 Å². The highest BCUT2D eigenvalue weighted by Gasteiger charge is 2.21. The fourth-order valence-electron chi connectivity index (χ4n) is 2.84. The van der Waals surface area contributed by atoms with Gasteiger partial charge < -0.3 is 10.1 Å². The van der Waals surface area contributed by atoms with Crippen molar-refractivity contribution in [2.24, 2.45) is 0 Å². The van der Waals surface area contributed by atoms with E-state index in [9.17, 15) is 4.79 Å². The van der Waals surface area contributed by atoms with Gasteiger partial charge in [0.15, 0.2) is 6.10 Å². The first kappa shape index (κ1) is 20.0. The summed E-state index contributed by atoms with van der Waals surface area (Å²) >= 11 is 0. The summed E-state index contributed by atoms with van der Waals surface area (Å²) in [6.45, 7) is 12.6. The smallest absolute Gasteiger partial charge is 0.261 e. The molecule has 0 radical (unpaired) electrons. The molecule has 0 aliphatic rings. The molecule has 0 fully saturated rings. The maximum atomic E-state index is 12.6. The molecular formula is C23H31NO2. The Morgan fingerprint density at radius 2 is 1.77 bits per heavy atom. The van der Waals surface area contributed by atoms with E-state index >= 15 is 0 Å². The topological polar surface area (TPSA) is 38.3 Å². The van der Waals surface area contributed by atoms with Crippen LogP contribution < -0.4 is 10.1 Å². The number of amides is 1. The second kappa shape index (κ2) is 8.39. The molecule has 0 bridgehead atoms. The van der Waals surface area contributed by atoms with E-state index in [0.29, 0.717) is 6.42 Å². The third kappa shape index (κ3) is 5.35. The molecule has 2 aromatic rings. The lowest BCUT2D eigenvalue weighted by molar-refractivity contribution is -0.128. The number of aryl methyl sites for hydroxylation is 1. The van der Waals surface area contributed by atoms with E-state index in [1.54, 1.807) is 0 Å². The van der Waals surface area contributed by atoms with Crippen LogP contribution in [0, 0.1) is 6.92 Å². The van der Waals surface area contributed by atoms with Gasteiger partial charge in [0, 0.05) is 0 Å². The highest BCUT2D eigenvalue weighted by molar-refractivity contribution is 5.81. The number of carbonyl (C=O) groups excluding carboxylic acids is 1. The molecule has 1 N–H and O–H groups in total. The number of rotatable bonds is 6. The van der Waals surface area contributed by atoms with E-state index in [0.717, 1.165) is 16.9 Å². The predicted molar refractivity (Wildman–Crippen MR) is 108 cm³/mol. The van der Waals surface area contributed by atoms with E-state index in [1.807, 2.05) is 45.0 Å². The van der Waals surface area contributed by atoms with Crippen molar-refractivity contribution in [3.05, 3.63) is 65.2 Å². The van der Waals surface area contributed by atoms with Crippen molar-refractivity contribution in [2.45, 2.75) is 65.5 Å². The van der Waals surface area contributed by atoms with Crippen LogP contribution in [0.5, 0.6) is 5.75 Å². The van der Waals surface area contributed by atoms with Crippen LogP contribution >= 0.6 is 0 Å². The molecule has 3 heteroatoms. The molecule has 0 aromatic heterocycles. The zero-order valence-electron chi connectivity index (χ0n) is 16.8. The first-order valence-corrected chi connectivity index (χ1v) is 9.35. The molecule has 2 aromatic carbocycles. The predicted octanol–water partition coefficient (Wildman–Crippen LogP) is 5.33. The summed E-state index contributed by atoms with van der Waals surface area (Å²) in [5.41, 5.74) is 3.62. The van der Waals surface area contributed by atoms with Crippen LogP contribution in [0.3, 0.4) is 0 Å².